The van der Waals surface area contributed by atoms with Gasteiger partial charge >= 0.3 is 0 Å². The largest absolute Gasteiger partial charge is 0.356 e. The lowest BCUT2D eigenvalue weighted by Gasteiger charge is -2.14. The smallest absolute Gasteiger partial charge is 0.191 e. The molecule has 138 valence electrons. The Morgan fingerprint density at radius 2 is 2.00 bits per heavy atom. The summed E-state index contributed by atoms with van der Waals surface area (Å²) in [6, 6.07) is 6.57. The Morgan fingerprint density at radius 1 is 1.24 bits per heavy atom. The molecule has 0 fully saturated rings. The van der Waals surface area contributed by atoms with E-state index in [1.165, 1.54) is 20.9 Å². The summed E-state index contributed by atoms with van der Waals surface area (Å²) in [6.45, 7) is 7.88. The van der Waals surface area contributed by atoms with Crippen molar-refractivity contribution in [2.24, 2.45) is 4.99 Å². The summed E-state index contributed by atoms with van der Waals surface area (Å²) in [4.78, 5) is 11.4. The topological polar surface area (TPSA) is 49.3 Å². The van der Waals surface area contributed by atoms with Gasteiger partial charge in [-0.3, -0.25) is 4.99 Å². The van der Waals surface area contributed by atoms with E-state index in [1.807, 2.05) is 7.05 Å². The van der Waals surface area contributed by atoms with Gasteiger partial charge in [0, 0.05) is 36.3 Å². The van der Waals surface area contributed by atoms with Crippen LogP contribution < -0.4 is 10.6 Å². The SMILES string of the molecule is CN=C(NCCc1sc(C)nc1C)NCc1ccc(C)cc1SC.I. The fraction of sp³-hybridized carbons (Fsp3) is 0.444. The number of aryl methyl sites for hydroxylation is 3. The number of thiazole rings is 1. The molecule has 2 rings (SSSR count). The number of nitrogens with one attached hydrogen (secondary N) is 2. The molecule has 0 aliphatic rings. The summed E-state index contributed by atoms with van der Waals surface area (Å²) in [5, 5.41) is 7.92. The van der Waals surface area contributed by atoms with Crippen molar-refractivity contribution in [1.29, 1.82) is 0 Å². The van der Waals surface area contributed by atoms with Gasteiger partial charge in [-0.05, 0) is 44.2 Å². The van der Waals surface area contributed by atoms with E-state index in [-0.39, 0.29) is 24.0 Å². The second-order valence-corrected chi connectivity index (χ2v) is 7.80. The predicted octanol–water partition coefficient (Wildman–Crippen LogP) is 4.32. The van der Waals surface area contributed by atoms with E-state index in [4.69, 9.17) is 0 Å². The first kappa shape index (κ1) is 22.2. The maximum Gasteiger partial charge on any atom is 0.191 e. The number of hydrogen-bond donors (Lipinski definition) is 2. The third-order valence-corrected chi connectivity index (χ3v) is 5.71. The fourth-order valence-electron chi connectivity index (χ4n) is 2.50. The molecular weight excluding hydrogens is 463 g/mol. The Morgan fingerprint density at radius 3 is 2.60 bits per heavy atom. The Balaban J connectivity index is 0.00000312. The molecule has 7 heteroatoms. The van der Waals surface area contributed by atoms with E-state index in [2.05, 4.69) is 65.8 Å². The van der Waals surface area contributed by atoms with E-state index in [1.54, 1.807) is 23.1 Å². The second-order valence-electron chi connectivity index (χ2n) is 5.66. The molecule has 1 aromatic carbocycles. The molecule has 0 bridgehead atoms. The Labute approximate surface area is 176 Å². The van der Waals surface area contributed by atoms with Crippen molar-refractivity contribution in [2.75, 3.05) is 19.8 Å². The first-order valence-corrected chi connectivity index (χ1v) is 10.1. The Bertz CT molecular complexity index is 713. The number of thioether (sulfide) groups is 1. The summed E-state index contributed by atoms with van der Waals surface area (Å²) < 4.78 is 0. The molecule has 0 radical (unpaired) electrons. The summed E-state index contributed by atoms with van der Waals surface area (Å²) in [6.07, 6.45) is 3.09. The molecule has 2 N–H and O–H groups in total. The third-order valence-electron chi connectivity index (χ3n) is 3.76. The summed E-state index contributed by atoms with van der Waals surface area (Å²) in [7, 11) is 1.81. The number of rotatable bonds is 6. The summed E-state index contributed by atoms with van der Waals surface area (Å²) in [5.41, 5.74) is 3.73. The lowest BCUT2D eigenvalue weighted by molar-refractivity contribution is 0.790. The molecule has 0 aliphatic heterocycles. The fourth-order valence-corrected chi connectivity index (χ4v) is 4.14. The van der Waals surface area contributed by atoms with Crippen molar-refractivity contribution in [3.8, 4) is 0 Å². The molecule has 4 nitrogen and oxygen atoms in total. The van der Waals surface area contributed by atoms with Crippen molar-refractivity contribution in [3.05, 3.63) is 44.9 Å². The van der Waals surface area contributed by atoms with Gasteiger partial charge in [-0.15, -0.1) is 47.1 Å². The monoisotopic (exact) mass is 490 g/mol. The molecule has 0 saturated carbocycles. The maximum atomic E-state index is 4.47. The highest BCUT2D eigenvalue weighted by Crippen LogP contribution is 2.21. The molecule has 1 heterocycles. The first-order chi connectivity index (χ1) is 11.5. The highest BCUT2D eigenvalue weighted by Gasteiger charge is 2.06. The molecule has 0 unspecified atom stereocenters. The molecule has 25 heavy (non-hydrogen) atoms. The van der Waals surface area contributed by atoms with Crippen LogP contribution in [0.15, 0.2) is 28.1 Å². The van der Waals surface area contributed by atoms with E-state index >= 15 is 0 Å². The number of guanidine groups is 1. The van der Waals surface area contributed by atoms with Crippen LogP contribution in [0.3, 0.4) is 0 Å². The van der Waals surface area contributed by atoms with E-state index in [9.17, 15) is 0 Å². The highest BCUT2D eigenvalue weighted by molar-refractivity contribution is 14.0. The normalized spacial score (nSPS) is 11.2. The zero-order chi connectivity index (χ0) is 17.5. The Kier molecular flexibility index (Phi) is 9.81. The lowest BCUT2D eigenvalue weighted by Crippen LogP contribution is -2.37. The first-order valence-electron chi connectivity index (χ1n) is 8.04. The summed E-state index contributed by atoms with van der Waals surface area (Å²) >= 11 is 3.56. The van der Waals surface area contributed by atoms with Gasteiger partial charge in [0.2, 0.25) is 0 Å². The molecule has 0 spiro atoms. The molecule has 0 atom stereocenters. The third kappa shape index (κ3) is 6.79. The predicted molar refractivity (Wildman–Crippen MR) is 122 cm³/mol. The lowest BCUT2D eigenvalue weighted by atomic mass is 10.1. The minimum atomic E-state index is 0. The standard InChI is InChI=1S/C18H26N4S2.HI/c1-12-6-7-15(17(10-12)23-5)11-21-18(19-4)20-9-8-16-13(2)22-14(3)24-16;/h6-7,10H,8-9,11H2,1-5H3,(H2,19,20,21);1H. The van der Waals surface area contributed by atoms with Crippen LogP contribution in [0.5, 0.6) is 0 Å². The van der Waals surface area contributed by atoms with E-state index in [0.717, 1.165) is 36.2 Å². The van der Waals surface area contributed by atoms with Gasteiger partial charge in [-0.1, -0.05) is 12.1 Å². The van der Waals surface area contributed by atoms with Crippen LogP contribution in [0.2, 0.25) is 0 Å². The molecule has 0 saturated heterocycles. The van der Waals surface area contributed by atoms with Gasteiger partial charge in [-0.2, -0.15) is 0 Å². The number of halogens is 1. The average Bonchev–Trinajstić information content (AvgIpc) is 2.89. The van der Waals surface area contributed by atoms with Crippen LogP contribution in [-0.2, 0) is 13.0 Å². The van der Waals surface area contributed by atoms with Crippen LogP contribution in [0, 0.1) is 20.8 Å². The van der Waals surface area contributed by atoms with Gasteiger partial charge in [0.25, 0.3) is 0 Å². The van der Waals surface area contributed by atoms with Crippen molar-refractivity contribution < 1.29 is 0 Å². The van der Waals surface area contributed by atoms with Gasteiger partial charge in [-0.25, -0.2) is 4.98 Å². The molecule has 1 aromatic heterocycles. The Hall–Kier alpha value is -0.800. The van der Waals surface area contributed by atoms with Gasteiger partial charge in [0.1, 0.15) is 0 Å². The zero-order valence-electron chi connectivity index (χ0n) is 15.5. The minimum Gasteiger partial charge on any atom is -0.356 e. The number of benzene rings is 1. The molecule has 0 amide bonds. The van der Waals surface area contributed by atoms with Crippen LogP contribution in [0.1, 0.15) is 26.7 Å². The van der Waals surface area contributed by atoms with Crippen LogP contribution in [-0.4, -0.2) is 30.8 Å². The van der Waals surface area contributed by atoms with E-state index in [0.29, 0.717) is 0 Å². The number of hydrogen-bond acceptors (Lipinski definition) is 4. The number of nitrogens with zero attached hydrogens (tertiary/aromatic N) is 2. The van der Waals surface area contributed by atoms with E-state index < -0.39 is 0 Å². The number of aromatic nitrogens is 1. The van der Waals surface area contributed by atoms with Crippen molar-refractivity contribution in [3.63, 3.8) is 0 Å². The minimum absolute atomic E-state index is 0. The molecule has 2 aromatic rings. The second kappa shape index (κ2) is 11.0. The summed E-state index contributed by atoms with van der Waals surface area (Å²) in [5.74, 6) is 0.835. The quantitative estimate of drug-likeness (QED) is 0.274. The van der Waals surface area contributed by atoms with Crippen molar-refractivity contribution in [1.82, 2.24) is 15.6 Å². The maximum absolute atomic E-state index is 4.47. The van der Waals surface area contributed by atoms with Crippen LogP contribution in [0.4, 0.5) is 0 Å². The molecule has 0 aliphatic carbocycles. The van der Waals surface area contributed by atoms with Crippen LogP contribution in [0.25, 0.3) is 0 Å². The van der Waals surface area contributed by atoms with Gasteiger partial charge in [0.15, 0.2) is 5.96 Å². The van der Waals surface area contributed by atoms with Gasteiger partial charge in [0.05, 0.1) is 10.7 Å². The zero-order valence-corrected chi connectivity index (χ0v) is 19.4. The molecular formula is C18H27IN4S2. The van der Waals surface area contributed by atoms with Crippen LogP contribution >= 0.6 is 47.1 Å². The number of aliphatic imine (C=N–C) groups is 1. The van der Waals surface area contributed by atoms with Gasteiger partial charge < -0.3 is 10.6 Å². The highest BCUT2D eigenvalue weighted by atomic mass is 127. The average molecular weight is 490 g/mol. The van der Waals surface area contributed by atoms with Crippen molar-refractivity contribution in [2.45, 2.75) is 38.6 Å². The van der Waals surface area contributed by atoms with Crippen molar-refractivity contribution >= 4 is 53.0 Å².